The SMILES string of the molecule is Cn1c(=O)oc2ccc(-c3ccc(C[C@H](C#N)NC(=O)[C@@H]4CNCO4)cc3Cl)cc21. The molecule has 0 bridgehead atoms. The van der Waals surface area contributed by atoms with Gasteiger partial charge in [-0.1, -0.05) is 29.8 Å². The number of benzene rings is 2. The summed E-state index contributed by atoms with van der Waals surface area (Å²) in [4.78, 5) is 23.9. The summed E-state index contributed by atoms with van der Waals surface area (Å²) in [6.07, 6.45) is -0.266. The highest BCUT2D eigenvalue weighted by Crippen LogP contribution is 2.31. The van der Waals surface area contributed by atoms with Gasteiger partial charge in [-0.05, 0) is 29.3 Å². The number of halogens is 1. The van der Waals surface area contributed by atoms with Crippen LogP contribution in [0.5, 0.6) is 0 Å². The van der Waals surface area contributed by atoms with Gasteiger partial charge < -0.3 is 14.5 Å². The lowest BCUT2D eigenvalue weighted by Crippen LogP contribution is -2.43. The van der Waals surface area contributed by atoms with Crippen LogP contribution in [0, 0.1) is 11.3 Å². The van der Waals surface area contributed by atoms with Gasteiger partial charge in [-0.15, -0.1) is 0 Å². The first-order valence-electron chi connectivity index (χ1n) is 9.37. The van der Waals surface area contributed by atoms with Gasteiger partial charge in [-0.3, -0.25) is 14.7 Å². The molecule has 8 nitrogen and oxygen atoms in total. The van der Waals surface area contributed by atoms with Crippen LogP contribution in [0.15, 0.2) is 45.6 Å². The summed E-state index contributed by atoms with van der Waals surface area (Å²) in [5.41, 5.74) is 3.63. The topological polar surface area (TPSA) is 109 Å². The maximum Gasteiger partial charge on any atom is 0.419 e. The molecule has 1 amide bonds. The van der Waals surface area contributed by atoms with Crippen molar-refractivity contribution in [2.24, 2.45) is 7.05 Å². The zero-order valence-electron chi connectivity index (χ0n) is 16.1. The monoisotopic (exact) mass is 426 g/mol. The summed E-state index contributed by atoms with van der Waals surface area (Å²) in [5.74, 6) is -0.736. The smallest absolute Gasteiger partial charge is 0.408 e. The molecule has 0 aliphatic carbocycles. The predicted molar refractivity (Wildman–Crippen MR) is 111 cm³/mol. The Kier molecular flexibility index (Phi) is 5.59. The molecular weight excluding hydrogens is 408 g/mol. The molecule has 1 aliphatic rings. The Morgan fingerprint density at radius 1 is 1.40 bits per heavy atom. The molecular formula is C21H19ClN4O4. The van der Waals surface area contributed by atoms with E-state index in [1.54, 1.807) is 19.2 Å². The molecule has 30 heavy (non-hydrogen) atoms. The van der Waals surface area contributed by atoms with Crippen molar-refractivity contribution in [3.05, 3.63) is 57.5 Å². The molecule has 2 atom stereocenters. The van der Waals surface area contributed by atoms with Crippen molar-refractivity contribution in [2.45, 2.75) is 18.6 Å². The number of rotatable bonds is 5. The number of hydrogen-bond acceptors (Lipinski definition) is 6. The second-order valence-electron chi connectivity index (χ2n) is 7.07. The van der Waals surface area contributed by atoms with Crippen LogP contribution in [0.1, 0.15) is 5.56 Å². The summed E-state index contributed by atoms with van der Waals surface area (Å²) in [7, 11) is 1.64. The highest BCUT2D eigenvalue weighted by atomic mass is 35.5. The lowest BCUT2D eigenvalue weighted by atomic mass is 10.0. The van der Waals surface area contributed by atoms with Crippen LogP contribution < -0.4 is 16.4 Å². The molecule has 1 saturated heterocycles. The van der Waals surface area contributed by atoms with Crippen molar-refractivity contribution in [1.29, 1.82) is 5.26 Å². The molecule has 0 radical (unpaired) electrons. The molecule has 2 heterocycles. The molecule has 2 N–H and O–H groups in total. The van der Waals surface area contributed by atoms with Crippen LogP contribution in [-0.2, 0) is 23.0 Å². The van der Waals surface area contributed by atoms with E-state index >= 15 is 0 Å². The highest BCUT2D eigenvalue weighted by molar-refractivity contribution is 6.33. The van der Waals surface area contributed by atoms with Gasteiger partial charge in [0.05, 0.1) is 18.3 Å². The fourth-order valence-electron chi connectivity index (χ4n) is 3.42. The number of hydrogen-bond donors (Lipinski definition) is 2. The lowest BCUT2D eigenvalue weighted by Gasteiger charge is -2.15. The van der Waals surface area contributed by atoms with Crippen molar-refractivity contribution in [3.8, 4) is 17.2 Å². The minimum absolute atomic E-state index is 0.312. The summed E-state index contributed by atoms with van der Waals surface area (Å²) >= 11 is 6.51. The number of amides is 1. The minimum Gasteiger partial charge on any atom is -0.408 e. The lowest BCUT2D eigenvalue weighted by molar-refractivity contribution is -0.129. The quantitative estimate of drug-likeness (QED) is 0.645. The van der Waals surface area contributed by atoms with Crippen molar-refractivity contribution < 1.29 is 13.9 Å². The summed E-state index contributed by atoms with van der Waals surface area (Å²) in [6, 6.07) is 12.3. The van der Waals surface area contributed by atoms with Gasteiger partial charge in [-0.25, -0.2) is 4.79 Å². The van der Waals surface area contributed by atoms with Gasteiger partial charge in [-0.2, -0.15) is 5.26 Å². The zero-order valence-corrected chi connectivity index (χ0v) is 16.9. The fourth-order valence-corrected chi connectivity index (χ4v) is 3.73. The Morgan fingerprint density at radius 2 is 2.23 bits per heavy atom. The van der Waals surface area contributed by atoms with E-state index in [1.807, 2.05) is 24.3 Å². The third kappa shape index (κ3) is 3.96. The number of aryl methyl sites for hydroxylation is 1. The summed E-state index contributed by atoms with van der Waals surface area (Å²) in [6.45, 7) is 0.752. The molecule has 4 rings (SSSR count). The van der Waals surface area contributed by atoms with Crippen molar-refractivity contribution in [3.63, 3.8) is 0 Å². The van der Waals surface area contributed by atoms with Crippen molar-refractivity contribution >= 4 is 28.6 Å². The zero-order chi connectivity index (χ0) is 21.3. The highest BCUT2D eigenvalue weighted by Gasteiger charge is 2.25. The van der Waals surface area contributed by atoms with E-state index in [0.29, 0.717) is 35.8 Å². The van der Waals surface area contributed by atoms with Crippen LogP contribution in [0.25, 0.3) is 22.2 Å². The first-order valence-corrected chi connectivity index (χ1v) is 9.75. The molecule has 2 aromatic carbocycles. The first-order chi connectivity index (χ1) is 14.5. The maximum absolute atomic E-state index is 12.2. The Balaban J connectivity index is 1.52. The van der Waals surface area contributed by atoms with E-state index in [2.05, 4.69) is 16.7 Å². The molecule has 3 aromatic rings. The molecule has 0 saturated carbocycles. The number of carbonyl (C=O) groups is 1. The number of oxazole rings is 1. The van der Waals surface area contributed by atoms with Gasteiger partial charge in [0.2, 0.25) is 0 Å². The number of nitrogens with one attached hydrogen (secondary N) is 2. The van der Waals surface area contributed by atoms with Gasteiger partial charge in [0.25, 0.3) is 5.91 Å². The largest absolute Gasteiger partial charge is 0.419 e. The summed E-state index contributed by atoms with van der Waals surface area (Å²) in [5, 5.41) is 15.6. The van der Waals surface area contributed by atoms with E-state index < -0.39 is 17.9 Å². The average molecular weight is 427 g/mol. The van der Waals surface area contributed by atoms with Crippen LogP contribution in [0.3, 0.4) is 0 Å². The predicted octanol–water partition coefficient (Wildman–Crippen LogP) is 1.95. The van der Waals surface area contributed by atoms with E-state index in [9.17, 15) is 14.9 Å². The van der Waals surface area contributed by atoms with E-state index in [4.69, 9.17) is 20.8 Å². The molecule has 0 unspecified atom stereocenters. The number of nitriles is 1. The average Bonchev–Trinajstić information content (AvgIpc) is 3.36. The standard InChI is InChI=1S/C21H19ClN4O4/c1-26-17-8-13(3-5-18(17)30-21(26)28)15-4-2-12(7-16(15)22)6-14(9-23)25-20(27)19-10-24-11-29-19/h2-5,7-8,14,19,24H,6,10-11H2,1H3,(H,25,27)/t14-,19+/m1/s1. The Morgan fingerprint density at radius 3 is 2.93 bits per heavy atom. The van der Waals surface area contributed by atoms with Crippen LogP contribution in [-0.4, -0.2) is 35.9 Å². The van der Waals surface area contributed by atoms with Crippen molar-refractivity contribution in [2.75, 3.05) is 13.3 Å². The Bertz CT molecular complexity index is 1200. The fraction of sp³-hybridized carbons (Fsp3) is 0.286. The minimum atomic E-state index is -0.694. The molecule has 1 aromatic heterocycles. The molecule has 1 aliphatic heterocycles. The number of ether oxygens (including phenoxy) is 1. The number of aromatic nitrogens is 1. The third-order valence-corrected chi connectivity index (χ3v) is 5.37. The van der Waals surface area contributed by atoms with E-state index in [-0.39, 0.29) is 5.91 Å². The number of fused-ring (bicyclic) bond motifs is 1. The maximum atomic E-state index is 12.2. The van der Waals surface area contributed by atoms with Gasteiger partial charge in [0.15, 0.2) is 5.58 Å². The normalized spacial score (nSPS) is 17.0. The summed E-state index contributed by atoms with van der Waals surface area (Å²) < 4.78 is 11.8. The Labute approximate surface area is 177 Å². The Hall–Kier alpha value is -3.12. The van der Waals surface area contributed by atoms with Crippen LogP contribution >= 0.6 is 11.6 Å². The molecule has 0 spiro atoms. The van der Waals surface area contributed by atoms with Gasteiger partial charge in [0.1, 0.15) is 12.1 Å². The molecule has 1 fully saturated rings. The third-order valence-electron chi connectivity index (χ3n) is 5.06. The number of nitrogens with zero attached hydrogens (tertiary/aromatic N) is 2. The molecule has 154 valence electrons. The second kappa shape index (κ2) is 8.32. The first kappa shape index (κ1) is 20.2. The number of carbonyl (C=O) groups excluding carboxylic acids is 1. The van der Waals surface area contributed by atoms with Crippen LogP contribution in [0.2, 0.25) is 5.02 Å². The van der Waals surface area contributed by atoms with E-state index in [0.717, 1.165) is 16.7 Å². The van der Waals surface area contributed by atoms with Crippen molar-refractivity contribution in [1.82, 2.24) is 15.2 Å². The van der Waals surface area contributed by atoms with Gasteiger partial charge >= 0.3 is 5.76 Å². The molecule has 9 heteroatoms. The van der Waals surface area contributed by atoms with Crippen LogP contribution in [0.4, 0.5) is 0 Å². The second-order valence-corrected chi connectivity index (χ2v) is 7.48. The van der Waals surface area contributed by atoms with Gasteiger partial charge in [0, 0.05) is 30.6 Å². The van der Waals surface area contributed by atoms with E-state index in [1.165, 1.54) is 4.57 Å².